The minimum atomic E-state index is -0.314. The van der Waals surface area contributed by atoms with Crippen molar-refractivity contribution in [1.29, 1.82) is 0 Å². The van der Waals surface area contributed by atoms with E-state index >= 15 is 0 Å². The summed E-state index contributed by atoms with van der Waals surface area (Å²) >= 11 is 3.01. The highest BCUT2D eigenvalue weighted by molar-refractivity contribution is 7.17. The van der Waals surface area contributed by atoms with Crippen LogP contribution in [0.25, 0.3) is 32.3 Å². The summed E-state index contributed by atoms with van der Waals surface area (Å²) in [6, 6.07) is 10.0. The van der Waals surface area contributed by atoms with Crippen LogP contribution in [0.4, 0.5) is 0 Å². The standard InChI is InChI=1S/C18H15N3O2S2/c1-3-23-18(22)15-10(2)19-17(25-15)11-6-7-12-13(9-11)21-16(20-12)14-5-4-8-24-14/h4-9H,3H2,1-2H3,(H,20,21). The van der Waals surface area contributed by atoms with Crippen LogP contribution < -0.4 is 0 Å². The number of aryl methyl sites for hydroxylation is 1. The minimum Gasteiger partial charge on any atom is -0.462 e. The van der Waals surface area contributed by atoms with E-state index in [1.807, 2.05) is 42.6 Å². The number of rotatable bonds is 4. The first-order valence-electron chi connectivity index (χ1n) is 7.84. The highest BCUT2D eigenvalue weighted by Crippen LogP contribution is 2.31. The number of ether oxygens (including phenoxy) is 1. The lowest BCUT2D eigenvalue weighted by Gasteiger charge is -1.97. The third-order valence-electron chi connectivity index (χ3n) is 3.74. The van der Waals surface area contributed by atoms with Gasteiger partial charge in [-0.15, -0.1) is 22.7 Å². The number of carbonyl (C=O) groups is 1. The molecule has 3 aromatic heterocycles. The number of H-pyrrole nitrogens is 1. The van der Waals surface area contributed by atoms with Gasteiger partial charge in [-0.2, -0.15) is 0 Å². The molecule has 1 aromatic carbocycles. The van der Waals surface area contributed by atoms with Crippen LogP contribution in [0.5, 0.6) is 0 Å². The zero-order chi connectivity index (χ0) is 17.4. The summed E-state index contributed by atoms with van der Waals surface area (Å²) < 4.78 is 5.09. The zero-order valence-corrected chi connectivity index (χ0v) is 15.3. The Bertz CT molecular complexity index is 1050. The Morgan fingerprint density at radius 3 is 2.92 bits per heavy atom. The van der Waals surface area contributed by atoms with Crippen molar-refractivity contribution >= 4 is 39.7 Å². The monoisotopic (exact) mass is 369 g/mol. The van der Waals surface area contributed by atoms with Gasteiger partial charge in [0.25, 0.3) is 0 Å². The van der Waals surface area contributed by atoms with Gasteiger partial charge in [-0.3, -0.25) is 0 Å². The summed E-state index contributed by atoms with van der Waals surface area (Å²) in [5.74, 6) is 0.552. The van der Waals surface area contributed by atoms with Crippen LogP contribution in [0.15, 0.2) is 35.7 Å². The highest BCUT2D eigenvalue weighted by Gasteiger charge is 2.17. The number of carbonyl (C=O) groups excluding carboxylic acids is 1. The maximum Gasteiger partial charge on any atom is 0.350 e. The Labute approximate surface area is 152 Å². The van der Waals surface area contributed by atoms with Gasteiger partial charge in [-0.25, -0.2) is 14.8 Å². The number of nitrogens with one attached hydrogen (secondary N) is 1. The van der Waals surface area contributed by atoms with Gasteiger partial charge in [-0.05, 0) is 43.5 Å². The molecule has 1 N–H and O–H groups in total. The SMILES string of the molecule is CCOC(=O)c1sc(-c2ccc3nc(-c4cccs4)[nH]c3c2)nc1C. The number of thiophene rings is 1. The van der Waals surface area contributed by atoms with Crippen LogP contribution in [-0.4, -0.2) is 27.5 Å². The van der Waals surface area contributed by atoms with Gasteiger partial charge < -0.3 is 9.72 Å². The number of nitrogens with zero attached hydrogens (tertiary/aromatic N) is 2. The van der Waals surface area contributed by atoms with Crippen molar-refractivity contribution in [3.8, 4) is 21.3 Å². The molecule has 126 valence electrons. The molecule has 0 aliphatic heterocycles. The second kappa shape index (κ2) is 6.42. The van der Waals surface area contributed by atoms with Crippen molar-refractivity contribution in [2.75, 3.05) is 6.61 Å². The van der Waals surface area contributed by atoms with Crippen molar-refractivity contribution < 1.29 is 9.53 Å². The number of imidazole rings is 1. The largest absolute Gasteiger partial charge is 0.462 e. The van der Waals surface area contributed by atoms with E-state index in [1.54, 1.807) is 18.3 Å². The van der Waals surface area contributed by atoms with Crippen LogP contribution in [0.3, 0.4) is 0 Å². The van der Waals surface area contributed by atoms with Gasteiger partial charge >= 0.3 is 5.97 Å². The number of fused-ring (bicyclic) bond motifs is 1. The normalized spacial score (nSPS) is 11.1. The number of aromatic nitrogens is 3. The van der Waals surface area contributed by atoms with E-state index in [9.17, 15) is 4.79 Å². The van der Waals surface area contributed by atoms with E-state index < -0.39 is 0 Å². The highest BCUT2D eigenvalue weighted by atomic mass is 32.1. The number of aromatic amines is 1. The molecule has 0 unspecified atom stereocenters. The Morgan fingerprint density at radius 2 is 2.16 bits per heavy atom. The summed E-state index contributed by atoms with van der Waals surface area (Å²) in [6.07, 6.45) is 0. The molecule has 0 saturated carbocycles. The van der Waals surface area contributed by atoms with Gasteiger partial charge in [0.15, 0.2) is 0 Å². The molecule has 0 bridgehead atoms. The molecular formula is C18H15N3O2S2. The van der Waals surface area contributed by atoms with Crippen molar-refractivity contribution in [2.24, 2.45) is 0 Å². The lowest BCUT2D eigenvalue weighted by Crippen LogP contribution is -2.03. The van der Waals surface area contributed by atoms with Gasteiger partial charge in [-0.1, -0.05) is 6.07 Å². The summed E-state index contributed by atoms with van der Waals surface area (Å²) in [5, 5.41) is 2.83. The van der Waals surface area contributed by atoms with E-state index in [0.717, 1.165) is 32.3 Å². The minimum absolute atomic E-state index is 0.314. The van der Waals surface area contributed by atoms with Crippen LogP contribution >= 0.6 is 22.7 Å². The molecule has 0 aliphatic carbocycles. The molecule has 7 heteroatoms. The van der Waals surface area contributed by atoms with Crippen LogP contribution in [0, 0.1) is 6.92 Å². The predicted molar refractivity (Wildman–Crippen MR) is 101 cm³/mol. The summed E-state index contributed by atoms with van der Waals surface area (Å²) in [5.41, 5.74) is 3.51. The van der Waals surface area contributed by atoms with E-state index in [4.69, 9.17) is 4.74 Å². The van der Waals surface area contributed by atoms with Crippen molar-refractivity contribution in [1.82, 2.24) is 15.0 Å². The van der Waals surface area contributed by atoms with Crippen molar-refractivity contribution in [3.05, 3.63) is 46.3 Å². The third kappa shape index (κ3) is 2.96. The molecule has 4 rings (SSSR count). The molecule has 5 nitrogen and oxygen atoms in total. The first-order valence-corrected chi connectivity index (χ1v) is 9.54. The summed E-state index contributed by atoms with van der Waals surface area (Å²) in [7, 11) is 0. The van der Waals surface area contributed by atoms with Crippen molar-refractivity contribution in [3.63, 3.8) is 0 Å². The fourth-order valence-electron chi connectivity index (χ4n) is 2.58. The smallest absolute Gasteiger partial charge is 0.350 e. The molecule has 4 aromatic rings. The molecule has 0 amide bonds. The molecule has 3 heterocycles. The van der Waals surface area contributed by atoms with E-state index in [2.05, 4.69) is 15.0 Å². The molecule has 0 radical (unpaired) electrons. The quantitative estimate of drug-likeness (QED) is 0.520. The number of hydrogen-bond acceptors (Lipinski definition) is 6. The van der Waals surface area contributed by atoms with Crippen LogP contribution in [0.2, 0.25) is 0 Å². The Balaban J connectivity index is 1.72. The second-order valence-corrected chi connectivity index (χ2v) is 7.40. The molecule has 25 heavy (non-hydrogen) atoms. The van der Waals surface area contributed by atoms with E-state index in [-0.39, 0.29) is 5.97 Å². The maximum atomic E-state index is 12.0. The van der Waals surface area contributed by atoms with Gasteiger partial charge in [0.05, 0.1) is 28.2 Å². The van der Waals surface area contributed by atoms with Crippen molar-refractivity contribution in [2.45, 2.75) is 13.8 Å². The first kappa shape index (κ1) is 16.0. The molecule has 0 spiro atoms. The van der Waals surface area contributed by atoms with Gasteiger partial charge in [0.1, 0.15) is 15.7 Å². The zero-order valence-electron chi connectivity index (χ0n) is 13.7. The lowest BCUT2D eigenvalue weighted by atomic mass is 10.2. The topological polar surface area (TPSA) is 67.9 Å². The second-order valence-electron chi connectivity index (χ2n) is 5.45. The van der Waals surface area contributed by atoms with Crippen LogP contribution in [-0.2, 0) is 4.74 Å². The average Bonchev–Trinajstić information content (AvgIpc) is 3.33. The number of thiazole rings is 1. The third-order valence-corrected chi connectivity index (χ3v) is 5.80. The summed E-state index contributed by atoms with van der Waals surface area (Å²) in [4.78, 5) is 26.2. The summed E-state index contributed by atoms with van der Waals surface area (Å²) in [6.45, 7) is 3.99. The molecule has 0 fully saturated rings. The maximum absolute atomic E-state index is 12.0. The fourth-order valence-corrected chi connectivity index (χ4v) is 4.20. The number of benzene rings is 1. The molecule has 0 atom stereocenters. The van der Waals surface area contributed by atoms with E-state index in [1.165, 1.54) is 11.3 Å². The van der Waals surface area contributed by atoms with Gasteiger partial charge in [0, 0.05) is 5.56 Å². The number of esters is 1. The van der Waals surface area contributed by atoms with Crippen LogP contribution in [0.1, 0.15) is 22.3 Å². The van der Waals surface area contributed by atoms with E-state index in [0.29, 0.717) is 17.2 Å². The molecule has 0 aliphatic rings. The number of hydrogen-bond donors (Lipinski definition) is 1. The Hall–Kier alpha value is -2.51. The van der Waals surface area contributed by atoms with Gasteiger partial charge in [0.2, 0.25) is 0 Å². The Kier molecular flexibility index (Phi) is 4.10. The molecular weight excluding hydrogens is 354 g/mol. The Morgan fingerprint density at radius 1 is 1.28 bits per heavy atom. The fraction of sp³-hybridized carbons (Fsp3) is 0.167. The average molecular weight is 369 g/mol. The predicted octanol–water partition coefficient (Wildman–Crippen LogP) is 4.90. The first-order chi connectivity index (χ1) is 12.2. The lowest BCUT2D eigenvalue weighted by molar-refractivity contribution is 0.0531. The molecule has 0 saturated heterocycles.